The summed E-state index contributed by atoms with van der Waals surface area (Å²) in [5, 5.41) is 5.08. The van der Waals surface area contributed by atoms with Crippen LogP contribution in [0.3, 0.4) is 0 Å². The number of nitrogens with one attached hydrogen (secondary N) is 2. The van der Waals surface area contributed by atoms with Crippen molar-refractivity contribution in [1.29, 1.82) is 0 Å². The van der Waals surface area contributed by atoms with Crippen molar-refractivity contribution in [2.24, 2.45) is 0 Å². The average Bonchev–Trinajstić information content (AvgIpc) is 3.28. The van der Waals surface area contributed by atoms with Crippen molar-refractivity contribution < 1.29 is 23.5 Å². The standard InChI is InChI=1S/C30H32Br2N2O6/c1-16-10-25(35)38-27-17(2)26(18(12-22(16)27)11-20(32)14-31)39-28(36)24(34-29(37)40-30(3,4)5)13-19-15-33-23-9-7-6-8-21(19)23/h6-10,12,15,20,24,33H,11,13-14H2,1-5H3,(H,34,37)/t20-,24+/m0/s1. The normalized spacial score (nSPS) is 13.3. The first kappa shape index (κ1) is 29.9. The number of aryl methyl sites for hydroxylation is 2. The second-order valence-electron chi connectivity index (χ2n) is 10.8. The highest BCUT2D eigenvalue weighted by Gasteiger charge is 2.29. The number of aromatic nitrogens is 1. The molecule has 0 saturated carbocycles. The molecular weight excluding hydrogens is 644 g/mol. The Labute approximate surface area is 249 Å². The molecule has 2 aromatic heterocycles. The maximum atomic E-state index is 13.8. The SMILES string of the molecule is Cc1cc(=O)oc2c(C)c(OC(=O)[C@@H](Cc3c[nH]c4ccccc34)NC(=O)OC(C)(C)C)c(C[C@H](Br)CBr)cc12. The third kappa shape index (κ3) is 6.96. The predicted molar refractivity (Wildman–Crippen MR) is 163 cm³/mol. The van der Waals surface area contributed by atoms with Gasteiger partial charge in [-0.15, -0.1) is 0 Å². The molecule has 0 aliphatic rings. The highest BCUT2D eigenvalue weighted by Crippen LogP contribution is 2.35. The van der Waals surface area contributed by atoms with Crippen molar-refractivity contribution in [3.05, 3.63) is 75.3 Å². The number of aromatic amines is 1. The summed E-state index contributed by atoms with van der Waals surface area (Å²) in [5.74, 6) is -0.369. The van der Waals surface area contributed by atoms with E-state index in [1.165, 1.54) is 6.07 Å². The summed E-state index contributed by atoms with van der Waals surface area (Å²) >= 11 is 7.14. The molecule has 4 rings (SSSR count). The third-order valence-electron chi connectivity index (χ3n) is 6.38. The summed E-state index contributed by atoms with van der Waals surface area (Å²) in [6.07, 6.45) is 1.79. The van der Waals surface area contributed by atoms with Gasteiger partial charge in [0.15, 0.2) is 0 Å². The number of amides is 1. The summed E-state index contributed by atoms with van der Waals surface area (Å²) in [6.45, 7) is 8.85. The van der Waals surface area contributed by atoms with Crippen molar-refractivity contribution >= 4 is 65.8 Å². The van der Waals surface area contributed by atoms with Crippen LogP contribution in [0.25, 0.3) is 21.9 Å². The molecule has 0 saturated heterocycles. The lowest BCUT2D eigenvalue weighted by Gasteiger charge is -2.24. The monoisotopic (exact) mass is 674 g/mol. The third-order valence-corrected chi connectivity index (χ3v) is 8.68. The molecule has 10 heteroatoms. The van der Waals surface area contributed by atoms with Gasteiger partial charge < -0.3 is 24.2 Å². The second-order valence-corrected chi connectivity index (χ2v) is 12.7. The number of H-pyrrole nitrogens is 1. The quantitative estimate of drug-likeness (QED) is 0.0939. The Hall–Kier alpha value is -3.11. The van der Waals surface area contributed by atoms with E-state index in [4.69, 9.17) is 13.9 Å². The van der Waals surface area contributed by atoms with E-state index in [1.807, 2.05) is 43.5 Å². The minimum Gasteiger partial charge on any atom is -0.444 e. The van der Waals surface area contributed by atoms with Crippen LogP contribution in [-0.2, 0) is 22.4 Å². The first-order valence-electron chi connectivity index (χ1n) is 12.9. The molecule has 0 unspecified atom stereocenters. The zero-order valence-electron chi connectivity index (χ0n) is 23.0. The van der Waals surface area contributed by atoms with Gasteiger partial charge in [-0.2, -0.15) is 0 Å². The van der Waals surface area contributed by atoms with E-state index in [-0.39, 0.29) is 11.2 Å². The highest BCUT2D eigenvalue weighted by atomic mass is 79.9. The van der Waals surface area contributed by atoms with Crippen LogP contribution in [0.5, 0.6) is 5.75 Å². The fourth-order valence-corrected chi connectivity index (χ4v) is 5.16. The first-order valence-corrected chi connectivity index (χ1v) is 14.9. The predicted octanol–water partition coefficient (Wildman–Crippen LogP) is 6.63. The summed E-state index contributed by atoms with van der Waals surface area (Å²) in [6, 6.07) is 9.98. The molecule has 0 aliphatic heterocycles. The number of hydrogen-bond acceptors (Lipinski definition) is 6. The molecule has 2 aromatic carbocycles. The number of hydrogen-bond donors (Lipinski definition) is 2. The zero-order chi connectivity index (χ0) is 29.2. The largest absolute Gasteiger partial charge is 0.444 e. The van der Waals surface area contributed by atoms with Crippen molar-refractivity contribution in [2.45, 2.75) is 63.9 Å². The van der Waals surface area contributed by atoms with E-state index in [9.17, 15) is 14.4 Å². The molecule has 2 N–H and O–H groups in total. The number of carbonyl (C=O) groups excluding carboxylic acids is 2. The van der Waals surface area contributed by atoms with Crippen molar-refractivity contribution in [2.75, 3.05) is 5.33 Å². The minimum absolute atomic E-state index is 0.0553. The van der Waals surface area contributed by atoms with Crippen LogP contribution >= 0.6 is 31.9 Å². The Kier molecular flexibility index (Phi) is 9.09. The smallest absolute Gasteiger partial charge is 0.408 e. The van der Waals surface area contributed by atoms with Gasteiger partial charge in [-0.1, -0.05) is 50.1 Å². The molecule has 0 radical (unpaired) electrons. The van der Waals surface area contributed by atoms with E-state index in [0.717, 1.165) is 33.0 Å². The van der Waals surface area contributed by atoms with Crippen LogP contribution < -0.4 is 15.7 Å². The van der Waals surface area contributed by atoms with Crippen molar-refractivity contribution in [3.63, 3.8) is 0 Å². The fraction of sp³-hybridized carbons (Fsp3) is 0.367. The number of fused-ring (bicyclic) bond motifs is 2. The Morgan fingerprint density at radius 3 is 2.50 bits per heavy atom. The van der Waals surface area contributed by atoms with Crippen LogP contribution in [0, 0.1) is 13.8 Å². The van der Waals surface area contributed by atoms with Gasteiger partial charge in [0.25, 0.3) is 0 Å². The summed E-state index contributed by atoms with van der Waals surface area (Å²) in [5.41, 5.74) is 2.93. The number of alkyl carbamates (subject to hydrolysis) is 1. The van der Waals surface area contributed by atoms with Gasteiger partial charge in [-0.05, 0) is 69.9 Å². The average molecular weight is 676 g/mol. The van der Waals surface area contributed by atoms with Gasteiger partial charge >= 0.3 is 17.7 Å². The molecule has 0 spiro atoms. The zero-order valence-corrected chi connectivity index (χ0v) is 26.2. The lowest BCUT2D eigenvalue weighted by molar-refractivity contribution is -0.136. The number of rotatable bonds is 8. The van der Waals surface area contributed by atoms with E-state index in [2.05, 4.69) is 42.2 Å². The summed E-state index contributed by atoms with van der Waals surface area (Å²) < 4.78 is 17.0. The summed E-state index contributed by atoms with van der Waals surface area (Å²) in [4.78, 5) is 42.0. The lowest BCUT2D eigenvalue weighted by Crippen LogP contribution is -2.46. The molecule has 0 aliphatic carbocycles. The Morgan fingerprint density at radius 1 is 1.07 bits per heavy atom. The van der Waals surface area contributed by atoms with Gasteiger partial charge in [0, 0.05) is 50.7 Å². The molecule has 40 heavy (non-hydrogen) atoms. The summed E-state index contributed by atoms with van der Waals surface area (Å²) in [7, 11) is 0. The molecule has 8 nitrogen and oxygen atoms in total. The van der Waals surface area contributed by atoms with Crippen LogP contribution in [0.15, 0.2) is 51.8 Å². The van der Waals surface area contributed by atoms with Gasteiger partial charge in [-0.25, -0.2) is 14.4 Å². The number of esters is 1. The van der Waals surface area contributed by atoms with Crippen molar-refractivity contribution in [3.8, 4) is 5.75 Å². The molecule has 212 valence electrons. The fourth-order valence-electron chi connectivity index (χ4n) is 4.58. The van der Waals surface area contributed by atoms with E-state index < -0.39 is 29.3 Å². The number of halogens is 2. The van der Waals surface area contributed by atoms with Gasteiger partial charge in [-0.3, -0.25) is 0 Å². The molecule has 2 heterocycles. The van der Waals surface area contributed by atoms with Crippen LogP contribution in [-0.4, -0.2) is 38.8 Å². The second kappa shape index (κ2) is 12.2. The Bertz CT molecular complexity index is 1620. The molecule has 0 fully saturated rings. The number of benzene rings is 2. The van der Waals surface area contributed by atoms with Crippen LogP contribution in [0.1, 0.15) is 43.0 Å². The maximum Gasteiger partial charge on any atom is 0.408 e. The number of alkyl halides is 2. The van der Waals surface area contributed by atoms with Gasteiger partial charge in [0.05, 0.1) is 0 Å². The van der Waals surface area contributed by atoms with Crippen LogP contribution in [0.4, 0.5) is 4.79 Å². The van der Waals surface area contributed by atoms with E-state index >= 15 is 0 Å². The molecule has 2 atom stereocenters. The Balaban J connectivity index is 1.75. The maximum absolute atomic E-state index is 13.8. The first-order chi connectivity index (χ1) is 18.9. The molecular formula is C30H32Br2N2O6. The van der Waals surface area contributed by atoms with E-state index in [0.29, 0.717) is 28.6 Å². The lowest BCUT2D eigenvalue weighted by atomic mass is 9.99. The highest BCUT2D eigenvalue weighted by molar-refractivity contribution is 9.12. The number of carbonyl (C=O) groups is 2. The molecule has 4 aromatic rings. The Morgan fingerprint density at radius 2 is 1.80 bits per heavy atom. The van der Waals surface area contributed by atoms with E-state index in [1.54, 1.807) is 27.7 Å². The van der Waals surface area contributed by atoms with Gasteiger partial charge in [0.1, 0.15) is 23.0 Å². The molecule has 1 amide bonds. The topological polar surface area (TPSA) is 111 Å². The van der Waals surface area contributed by atoms with Gasteiger partial charge in [0.2, 0.25) is 0 Å². The minimum atomic E-state index is -1.06. The number of ether oxygens (including phenoxy) is 2. The van der Waals surface area contributed by atoms with Crippen molar-refractivity contribution in [1.82, 2.24) is 10.3 Å². The van der Waals surface area contributed by atoms with Crippen LogP contribution in [0.2, 0.25) is 0 Å². The number of para-hydroxylation sites is 1. The molecule has 0 bridgehead atoms.